The maximum Gasteiger partial charge on any atom is 0.262 e. The zero-order chi connectivity index (χ0) is 22.1. The van der Waals surface area contributed by atoms with Crippen molar-refractivity contribution in [3.8, 4) is 0 Å². The van der Waals surface area contributed by atoms with Crippen molar-refractivity contribution in [3.05, 3.63) is 92.6 Å². The maximum atomic E-state index is 13.4. The van der Waals surface area contributed by atoms with Crippen LogP contribution in [0.2, 0.25) is 0 Å². The van der Waals surface area contributed by atoms with Crippen molar-refractivity contribution < 1.29 is 8.78 Å². The molecular formula is C24H22F2N4OS. The maximum absolute atomic E-state index is 13.4. The van der Waals surface area contributed by atoms with E-state index in [1.807, 2.05) is 18.2 Å². The fraction of sp³-hybridized carbons (Fsp3) is 0.292. The molecule has 0 amide bonds. The Morgan fingerprint density at radius 2 is 2.06 bits per heavy atom. The van der Waals surface area contributed by atoms with Gasteiger partial charge in [0.15, 0.2) is 11.6 Å². The lowest BCUT2D eigenvalue weighted by Crippen LogP contribution is -2.34. The van der Waals surface area contributed by atoms with Gasteiger partial charge in [0.2, 0.25) is 0 Å². The summed E-state index contributed by atoms with van der Waals surface area (Å²) < 4.78 is 28.2. The topological polar surface area (TPSA) is 59.8 Å². The van der Waals surface area contributed by atoms with Crippen molar-refractivity contribution in [2.45, 2.75) is 44.8 Å². The number of nitrogens with one attached hydrogen (secondary N) is 1. The Labute approximate surface area is 187 Å². The highest BCUT2D eigenvalue weighted by Gasteiger charge is 2.25. The summed E-state index contributed by atoms with van der Waals surface area (Å²) in [5.41, 5.74) is 2.78. The minimum absolute atomic E-state index is 0.0108. The summed E-state index contributed by atoms with van der Waals surface area (Å²) in [6.07, 6.45) is 6.54. The van der Waals surface area contributed by atoms with Gasteiger partial charge in [-0.1, -0.05) is 12.1 Å². The smallest absolute Gasteiger partial charge is 0.262 e. The minimum atomic E-state index is -0.834. The SMILES string of the molecule is O=c1c2c3c(sc2ncn1CCc1ccccn1)C[C@@H](NCc1ccc(F)c(F)c1)CC3. The first-order valence-corrected chi connectivity index (χ1v) is 11.5. The van der Waals surface area contributed by atoms with Crippen LogP contribution in [0.25, 0.3) is 10.2 Å². The summed E-state index contributed by atoms with van der Waals surface area (Å²) >= 11 is 1.58. The highest BCUT2D eigenvalue weighted by atomic mass is 32.1. The number of hydrogen-bond donors (Lipinski definition) is 1. The number of nitrogens with zero attached hydrogens (tertiary/aromatic N) is 3. The van der Waals surface area contributed by atoms with E-state index in [1.54, 1.807) is 34.5 Å². The molecule has 5 rings (SSSR count). The number of hydrogen-bond acceptors (Lipinski definition) is 5. The lowest BCUT2D eigenvalue weighted by atomic mass is 9.93. The molecule has 164 valence electrons. The molecule has 8 heteroatoms. The summed E-state index contributed by atoms with van der Waals surface area (Å²) in [7, 11) is 0. The molecule has 1 aliphatic rings. The zero-order valence-electron chi connectivity index (χ0n) is 17.4. The van der Waals surface area contributed by atoms with Gasteiger partial charge in [-0.05, 0) is 54.7 Å². The molecular weight excluding hydrogens is 430 g/mol. The molecule has 1 aromatic carbocycles. The predicted molar refractivity (Wildman–Crippen MR) is 121 cm³/mol. The van der Waals surface area contributed by atoms with E-state index in [0.717, 1.165) is 46.8 Å². The van der Waals surface area contributed by atoms with E-state index in [0.29, 0.717) is 25.1 Å². The Morgan fingerprint density at radius 3 is 2.88 bits per heavy atom. The molecule has 3 aromatic heterocycles. The van der Waals surface area contributed by atoms with Crippen LogP contribution in [0, 0.1) is 11.6 Å². The zero-order valence-corrected chi connectivity index (χ0v) is 18.2. The molecule has 32 heavy (non-hydrogen) atoms. The van der Waals surface area contributed by atoms with Gasteiger partial charge in [-0.25, -0.2) is 13.8 Å². The van der Waals surface area contributed by atoms with Gasteiger partial charge in [0.1, 0.15) is 4.83 Å². The lowest BCUT2D eigenvalue weighted by molar-refractivity contribution is 0.459. The highest BCUT2D eigenvalue weighted by Crippen LogP contribution is 2.33. The summed E-state index contributed by atoms with van der Waals surface area (Å²) in [5, 5.41) is 4.18. The fourth-order valence-corrected chi connectivity index (χ4v) is 5.49. The number of aromatic nitrogens is 3. The van der Waals surface area contributed by atoms with Crippen molar-refractivity contribution in [1.82, 2.24) is 19.9 Å². The molecule has 0 unspecified atom stereocenters. The van der Waals surface area contributed by atoms with Crippen LogP contribution in [-0.2, 0) is 32.4 Å². The largest absolute Gasteiger partial charge is 0.310 e. The number of benzene rings is 1. The molecule has 0 saturated heterocycles. The van der Waals surface area contributed by atoms with Crippen molar-refractivity contribution >= 4 is 21.6 Å². The van der Waals surface area contributed by atoms with E-state index in [2.05, 4.69) is 15.3 Å². The van der Waals surface area contributed by atoms with Crippen LogP contribution in [-0.4, -0.2) is 20.6 Å². The van der Waals surface area contributed by atoms with E-state index < -0.39 is 11.6 Å². The molecule has 0 bridgehead atoms. The van der Waals surface area contributed by atoms with Crippen LogP contribution >= 0.6 is 11.3 Å². The van der Waals surface area contributed by atoms with Gasteiger partial charge in [-0.3, -0.25) is 14.3 Å². The summed E-state index contributed by atoms with van der Waals surface area (Å²) in [6.45, 7) is 1.02. The Hall–Kier alpha value is -2.97. The number of fused-ring (bicyclic) bond motifs is 3. The Kier molecular flexibility index (Phi) is 5.80. The number of thiophene rings is 1. The molecule has 1 aliphatic carbocycles. The average molecular weight is 453 g/mol. The number of halogens is 2. The van der Waals surface area contributed by atoms with Crippen LogP contribution in [0.3, 0.4) is 0 Å². The Bertz CT molecular complexity index is 1320. The van der Waals surface area contributed by atoms with Crippen molar-refractivity contribution in [3.63, 3.8) is 0 Å². The molecule has 1 atom stereocenters. The number of rotatable bonds is 6. The van der Waals surface area contributed by atoms with E-state index in [9.17, 15) is 13.6 Å². The van der Waals surface area contributed by atoms with Gasteiger partial charge in [-0.15, -0.1) is 11.3 Å². The predicted octanol–water partition coefficient (Wildman–Crippen LogP) is 4.02. The van der Waals surface area contributed by atoms with Crippen LogP contribution < -0.4 is 10.9 Å². The van der Waals surface area contributed by atoms with Gasteiger partial charge in [0.25, 0.3) is 5.56 Å². The summed E-state index contributed by atoms with van der Waals surface area (Å²) in [5.74, 6) is -1.66. The normalized spacial score (nSPS) is 15.8. The third-order valence-corrected chi connectivity index (χ3v) is 7.11. The second-order valence-corrected chi connectivity index (χ2v) is 9.15. The molecule has 3 heterocycles. The molecule has 0 aliphatic heterocycles. The molecule has 0 radical (unpaired) electrons. The number of aryl methyl sites for hydroxylation is 3. The van der Waals surface area contributed by atoms with Gasteiger partial charge >= 0.3 is 0 Å². The molecule has 0 spiro atoms. The third kappa shape index (κ3) is 4.20. The molecule has 1 N–H and O–H groups in total. The first kappa shape index (κ1) is 20.9. The minimum Gasteiger partial charge on any atom is -0.310 e. The molecule has 4 aromatic rings. The summed E-state index contributed by atoms with van der Waals surface area (Å²) in [4.78, 5) is 24.0. The van der Waals surface area contributed by atoms with Gasteiger partial charge in [-0.2, -0.15) is 0 Å². The first-order chi connectivity index (χ1) is 15.6. The van der Waals surface area contributed by atoms with Crippen LogP contribution in [0.15, 0.2) is 53.7 Å². The van der Waals surface area contributed by atoms with E-state index in [1.165, 1.54) is 10.9 Å². The highest BCUT2D eigenvalue weighted by molar-refractivity contribution is 7.18. The van der Waals surface area contributed by atoms with E-state index >= 15 is 0 Å². The quantitative estimate of drug-likeness (QED) is 0.480. The van der Waals surface area contributed by atoms with Crippen LogP contribution in [0.5, 0.6) is 0 Å². The monoisotopic (exact) mass is 452 g/mol. The van der Waals surface area contributed by atoms with Crippen molar-refractivity contribution in [2.24, 2.45) is 0 Å². The molecule has 0 fully saturated rings. The second kappa shape index (κ2) is 8.88. The van der Waals surface area contributed by atoms with E-state index in [4.69, 9.17) is 0 Å². The first-order valence-electron chi connectivity index (χ1n) is 10.7. The van der Waals surface area contributed by atoms with Gasteiger partial charge < -0.3 is 5.32 Å². The standard InChI is InChI=1S/C24H22F2N4OS/c25-19-7-4-15(11-20(19)26)13-28-17-5-6-18-21(12-17)32-23-22(18)24(31)30(14-29-23)10-8-16-3-1-2-9-27-16/h1-4,7,9,11,14,17,28H,5-6,8,10,12-13H2/t17-/m0/s1. The van der Waals surface area contributed by atoms with Crippen molar-refractivity contribution in [2.75, 3.05) is 0 Å². The summed E-state index contributed by atoms with van der Waals surface area (Å²) in [6, 6.07) is 9.97. The Balaban J connectivity index is 1.31. The third-order valence-electron chi connectivity index (χ3n) is 5.95. The van der Waals surface area contributed by atoms with Crippen LogP contribution in [0.1, 0.15) is 28.1 Å². The van der Waals surface area contributed by atoms with Gasteiger partial charge in [0.05, 0.1) is 11.7 Å². The van der Waals surface area contributed by atoms with E-state index in [-0.39, 0.29) is 11.6 Å². The lowest BCUT2D eigenvalue weighted by Gasteiger charge is -2.23. The molecule has 0 saturated carbocycles. The Morgan fingerprint density at radius 1 is 1.16 bits per heavy atom. The fourth-order valence-electron chi connectivity index (χ4n) is 4.23. The number of pyridine rings is 1. The van der Waals surface area contributed by atoms with Crippen molar-refractivity contribution in [1.29, 1.82) is 0 Å². The average Bonchev–Trinajstić information content (AvgIpc) is 3.18. The second-order valence-electron chi connectivity index (χ2n) is 8.07. The molecule has 5 nitrogen and oxygen atoms in total. The van der Waals surface area contributed by atoms with Crippen LogP contribution in [0.4, 0.5) is 8.78 Å². The van der Waals surface area contributed by atoms with Gasteiger partial charge in [0, 0.05) is 42.3 Å².